The second-order valence-electron chi connectivity index (χ2n) is 25.8. The SMILES string of the molecule is CC1C=Cc2cccc(-c3ccccc3N(c3cc(C(C)(C)C)cc(C(C)(C)C)c3)c3ccccc3-c3cc(C(C)(C)C)cc(C(C)(C)C)c3)c2C1c1cc(C(C)(C)C)cc(C(C)(C)C)c1. The number of para-hydroxylation sites is 2. The Bertz CT molecular complexity index is 2670. The molecule has 1 nitrogen and oxygen atoms in total. The first-order valence-corrected chi connectivity index (χ1v) is 24.7. The van der Waals surface area contributed by atoms with E-state index >= 15 is 0 Å². The van der Waals surface area contributed by atoms with Gasteiger partial charge in [-0.25, -0.2) is 0 Å². The van der Waals surface area contributed by atoms with Crippen LogP contribution in [0.25, 0.3) is 28.3 Å². The van der Waals surface area contributed by atoms with Gasteiger partial charge in [0.1, 0.15) is 0 Å². The Kier molecular flexibility index (Phi) is 12.7. The summed E-state index contributed by atoms with van der Waals surface area (Å²) in [4.78, 5) is 2.60. The molecule has 1 aliphatic carbocycles. The van der Waals surface area contributed by atoms with Gasteiger partial charge >= 0.3 is 0 Å². The van der Waals surface area contributed by atoms with Gasteiger partial charge in [0.25, 0.3) is 0 Å². The maximum Gasteiger partial charge on any atom is 0.0540 e. The monoisotopic (exact) mass is 876 g/mol. The summed E-state index contributed by atoms with van der Waals surface area (Å²) in [6, 6.07) is 47.6. The van der Waals surface area contributed by atoms with E-state index in [1.807, 2.05) is 0 Å². The molecule has 6 aromatic rings. The van der Waals surface area contributed by atoms with Gasteiger partial charge in [0.15, 0.2) is 0 Å². The maximum absolute atomic E-state index is 2.60. The van der Waals surface area contributed by atoms with E-state index in [4.69, 9.17) is 0 Å². The number of anilines is 3. The van der Waals surface area contributed by atoms with Gasteiger partial charge in [0, 0.05) is 22.7 Å². The Morgan fingerprint density at radius 3 is 1.21 bits per heavy atom. The van der Waals surface area contributed by atoms with Gasteiger partial charge in [-0.2, -0.15) is 0 Å². The van der Waals surface area contributed by atoms with E-state index < -0.39 is 0 Å². The summed E-state index contributed by atoms with van der Waals surface area (Å²) in [5.41, 5.74) is 20.6. The average molecular weight is 876 g/mol. The standard InChI is InChI=1S/C65H81N/c1-42-31-32-43-25-24-28-55(59(43)58(42)45-35-48(62(8,9)10)38-49(36-45)63(11,12)13)54-27-21-23-30-57(54)66(52-40-50(64(14,15)16)39-51(41-52)65(17,18)19)56-29-22-20-26-53(56)44-33-46(60(2,3)4)37-47(34-44)61(5,6)7/h20-42,58H,1-19H3. The molecule has 0 bridgehead atoms. The first kappa shape index (κ1) is 48.8. The van der Waals surface area contributed by atoms with Gasteiger partial charge < -0.3 is 4.90 Å². The van der Waals surface area contributed by atoms with E-state index in [2.05, 4.69) is 270 Å². The molecule has 6 aromatic carbocycles. The summed E-state index contributed by atoms with van der Waals surface area (Å²) in [6.07, 6.45) is 4.82. The molecule has 0 saturated heterocycles. The Labute approximate surface area is 401 Å². The molecule has 7 rings (SSSR count). The van der Waals surface area contributed by atoms with Gasteiger partial charge in [0.2, 0.25) is 0 Å². The molecule has 0 amide bonds. The third-order valence-electron chi connectivity index (χ3n) is 14.1. The van der Waals surface area contributed by atoms with Crippen LogP contribution in [0.3, 0.4) is 0 Å². The highest BCUT2D eigenvalue weighted by Crippen LogP contribution is 2.51. The van der Waals surface area contributed by atoms with Crippen LogP contribution in [0.2, 0.25) is 0 Å². The fraction of sp³-hybridized carbons (Fsp3) is 0.415. The second kappa shape index (κ2) is 17.2. The van der Waals surface area contributed by atoms with Crippen molar-refractivity contribution in [2.75, 3.05) is 4.90 Å². The molecule has 66 heavy (non-hydrogen) atoms. The first-order valence-electron chi connectivity index (χ1n) is 24.7. The molecule has 0 fully saturated rings. The molecule has 2 atom stereocenters. The Morgan fingerprint density at radius 2 is 0.758 bits per heavy atom. The minimum Gasteiger partial charge on any atom is -0.309 e. The fourth-order valence-corrected chi connectivity index (χ4v) is 9.58. The van der Waals surface area contributed by atoms with E-state index in [9.17, 15) is 0 Å². The van der Waals surface area contributed by atoms with Crippen molar-refractivity contribution in [3.63, 3.8) is 0 Å². The lowest BCUT2D eigenvalue weighted by molar-refractivity contribution is 0.559. The fourth-order valence-electron chi connectivity index (χ4n) is 9.58. The molecule has 0 saturated carbocycles. The van der Waals surface area contributed by atoms with Crippen molar-refractivity contribution in [3.05, 3.63) is 177 Å². The van der Waals surface area contributed by atoms with Crippen molar-refractivity contribution >= 4 is 23.1 Å². The van der Waals surface area contributed by atoms with Crippen LogP contribution < -0.4 is 4.90 Å². The van der Waals surface area contributed by atoms with Gasteiger partial charge in [-0.15, -0.1) is 0 Å². The zero-order chi connectivity index (χ0) is 48.5. The molecule has 346 valence electrons. The minimum absolute atomic E-state index is 0.0140. The molecule has 0 spiro atoms. The van der Waals surface area contributed by atoms with Crippen LogP contribution in [-0.2, 0) is 32.5 Å². The number of rotatable bonds is 6. The molecule has 1 aliphatic rings. The van der Waals surface area contributed by atoms with Crippen molar-refractivity contribution in [3.8, 4) is 22.3 Å². The van der Waals surface area contributed by atoms with Crippen molar-refractivity contribution in [1.82, 2.24) is 0 Å². The molecular formula is C65H81N. The number of hydrogen-bond acceptors (Lipinski definition) is 1. The van der Waals surface area contributed by atoms with Crippen molar-refractivity contribution in [1.29, 1.82) is 0 Å². The predicted molar refractivity (Wildman–Crippen MR) is 291 cm³/mol. The van der Waals surface area contributed by atoms with Crippen molar-refractivity contribution in [2.45, 2.75) is 170 Å². The van der Waals surface area contributed by atoms with E-state index in [-0.39, 0.29) is 38.4 Å². The Balaban J connectivity index is 1.58. The van der Waals surface area contributed by atoms with Gasteiger partial charge in [0.05, 0.1) is 11.4 Å². The number of benzene rings is 6. The van der Waals surface area contributed by atoms with E-state index in [1.165, 1.54) is 89.4 Å². The van der Waals surface area contributed by atoms with E-state index in [0.717, 1.165) is 0 Å². The highest BCUT2D eigenvalue weighted by Gasteiger charge is 2.33. The minimum atomic E-state index is -0.0644. The highest BCUT2D eigenvalue weighted by atomic mass is 15.1. The van der Waals surface area contributed by atoms with Gasteiger partial charge in [-0.1, -0.05) is 241 Å². The third kappa shape index (κ3) is 10.1. The second-order valence-corrected chi connectivity index (χ2v) is 25.8. The largest absolute Gasteiger partial charge is 0.309 e. The Morgan fingerprint density at radius 1 is 0.379 bits per heavy atom. The van der Waals surface area contributed by atoms with Crippen LogP contribution in [0, 0.1) is 5.92 Å². The number of nitrogens with zero attached hydrogens (tertiary/aromatic N) is 1. The predicted octanol–water partition coefficient (Wildman–Crippen LogP) is 19.1. The van der Waals surface area contributed by atoms with Crippen LogP contribution in [0.15, 0.2) is 127 Å². The summed E-state index contributed by atoms with van der Waals surface area (Å²) in [7, 11) is 0. The summed E-state index contributed by atoms with van der Waals surface area (Å²) in [5, 5.41) is 0. The Hall–Kier alpha value is -5.14. The zero-order valence-corrected chi connectivity index (χ0v) is 44.3. The smallest absolute Gasteiger partial charge is 0.0540 e. The lowest BCUT2D eigenvalue weighted by atomic mass is 9.70. The molecule has 0 aliphatic heterocycles. The van der Waals surface area contributed by atoms with Crippen LogP contribution in [0.5, 0.6) is 0 Å². The molecular weight excluding hydrogens is 795 g/mol. The number of hydrogen-bond donors (Lipinski definition) is 0. The van der Waals surface area contributed by atoms with Crippen molar-refractivity contribution in [2.24, 2.45) is 5.92 Å². The number of allylic oxidation sites excluding steroid dienone is 1. The lowest BCUT2D eigenvalue weighted by Gasteiger charge is -2.35. The average Bonchev–Trinajstić information content (AvgIpc) is 3.21. The van der Waals surface area contributed by atoms with Crippen LogP contribution in [0.4, 0.5) is 17.1 Å². The first-order chi connectivity index (χ1) is 30.4. The molecule has 0 radical (unpaired) electrons. The topological polar surface area (TPSA) is 3.24 Å². The molecule has 2 unspecified atom stereocenters. The molecule has 1 heteroatoms. The normalized spacial score (nSPS) is 16.0. The summed E-state index contributed by atoms with van der Waals surface area (Å²) in [5.74, 6) is 0.474. The maximum atomic E-state index is 2.60. The summed E-state index contributed by atoms with van der Waals surface area (Å²) < 4.78 is 0. The van der Waals surface area contributed by atoms with Crippen LogP contribution >= 0.6 is 0 Å². The third-order valence-corrected chi connectivity index (χ3v) is 14.1. The molecule has 0 aromatic heterocycles. The van der Waals surface area contributed by atoms with Crippen LogP contribution in [0.1, 0.15) is 188 Å². The van der Waals surface area contributed by atoms with E-state index in [0.29, 0.717) is 5.92 Å². The quantitative estimate of drug-likeness (QED) is 0.161. The summed E-state index contributed by atoms with van der Waals surface area (Å²) >= 11 is 0. The number of fused-ring (bicyclic) bond motifs is 1. The summed E-state index contributed by atoms with van der Waals surface area (Å²) in [6.45, 7) is 44.7. The van der Waals surface area contributed by atoms with Gasteiger partial charge in [-0.3, -0.25) is 0 Å². The molecule has 0 N–H and O–H groups in total. The van der Waals surface area contributed by atoms with E-state index in [1.54, 1.807) is 0 Å². The lowest BCUT2D eigenvalue weighted by Crippen LogP contribution is -2.21. The van der Waals surface area contributed by atoms with Crippen LogP contribution in [-0.4, -0.2) is 0 Å². The zero-order valence-electron chi connectivity index (χ0n) is 44.3. The highest BCUT2D eigenvalue weighted by molar-refractivity contribution is 5.95. The molecule has 0 heterocycles. The van der Waals surface area contributed by atoms with Gasteiger partial charge in [-0.05, 0) is 124 Å². The van der Waals surface area contributed by atoms with Crippen molar-refractivity contribution < 1.29 is 0 Å².